The monoisotopic (exact) mass is 525 g/mol. The molecule has 0 unspecified atom stereocenters. The van der Waals surface area contributed by atoms with Crippen molar-refractivity contribution in [2.45, 2.75) is 45.4 Å². The van der Waals surface area contributed by atoms with E-state index in [1.54, 1.807) is 18.6 Å². The Morgan fingerprint density at radius 2 is 1.74 bits per heavy atom. The lowest BCUT2D eigenvalue weighted by molar-refractivity contribution is -0.135. The molecule has 0 spiro atoms. The molecule has 39 heavy (non-hydrogen) atoms. The predicted octanol–water partition coefficient (Wildman–Crippen LogP) is 5.12. The number of benzene rings is 1. The molecule has 2 aromatic heterocycles. The number of piperazine rings is 1. The van der Waals surface area contributed by atoms with Gasteiger partial charge in [0.1, 0.15) is 0 Å². The van der Waals surface area contributed by atoms with Crippen molar-refractivity contribution in [1.82, 2.24) is 24.8 Å². The minimum atomic E-state index is -0.233. The molecular weight excluding hydrogens is 486 g/mol. The second kappa shape index (κ2) is 10.7. The number of aromatic nitrogens is 3. The maximum atomic E-state index is 13.7. The highest BCUT2D eigenvalue weighted by molar-refractivity contribution is 5.96. The van der Waals surface area contributed by atoms with Gasteiger partial charge in [-0.05, 0) is 93.8 Å². The summed E-state index contributed by atoms with van der Waals surface area (Å²) >= 11 is 0. The van der Waals surface area contributed by atoms with E-state index >= 15 is 0 Å². The summed E-state index contributed by atoms with van der Waals surface area (Å²) in [5.74, 6) is 0.692. The molecule has 3 aromatic rings. The van der Waals surface area contributed by atoms with Crippen molar-refractivity contribution in [1.29, 1.82) is 0 Å². The summed E-state index contributed by atoms with van der Waals surface area (Å²) in [5.41, 5.74) is 4.67. The first-order valence-electron chi connectivity index (χ1n) is 14.3. The van der Waals surface area contributed by atoms with Crippen molar-refractivity contribution in [3.8, 4) is 11.3 Å². The van der Waals surface area contributed by atoms with Crippen LogP contribution in [0.5, 0.6) is 0 Å². The summed E-state index contributed by atoms with van der Waals surface area (Å²) in [5, 5.41) is 6.63. The molecule has 4 aliphatic rings. The number of nitrogens with one attached hydrogen (secondary N) is 2. The minimum Gasteiger partial charge on any atom is -0.326 e. The van der Waals surface area contributed by atoms with E-state index in [0.29, 0.717) is 11.4 Å². The Hall–Kier alpha value is -3.36. The maximum absolute atomic E-state index is 13.7. The minimum absolute atomic E-state index is 0.181. The van der Waals surface area contributed by atoms with Crippen LogP contribution in [0.4, 0.5) is 17.3 Å². The highest BCUT2D eigenvalue weighted by Crippen LogP contribution is 2.57. The zero-order chi connectivity index (χ0) is 26.9. The van der Waals surface area contributed by atoms with Crippen LogP contribution in [0.25, 0.3) is 11.3 Å². The van der Waals surface area contributed by atoms with Gasteiger partial charge in [-0.15, -0.1) is 0 Å². The summed E-state index contributed by atoms with van der Waals surface area (Å²) in [4.78, 5) is 32.0. The highest BCUT2D eigenvalue weighted by Gasteiger charge is 2.52. The Morgan fingerprint density at radius 3 is 2.46 bits per heavy atom. The number of aryl methyl sites for hydroxylation is 1. The average Bonchev–Trinajstić information content (AvgIpc) is 2.97. The van der Waals surface area contributed by atoms with Crippen LogP contribution in [-0.2, 0) is 4.79 Å². The summed E-state index contributed by atoms with van der Waals surface area (Å²) in [7, 11) is 2.21. The maximum Gasteiger partial charge on any atom is 0.230 e. The molecule has 1 aromatic carbocycles. The largest absolute Gasteiger partial charge is 0.326 e. The fraction of sp³-hybridized carbons (Fsp3) is 0.484. The first kappa shape index (κ1) is 25.9. The molecule has 8 nitrogen and oxygen atoms in total. The summed E-state index contributed by atoms with van der Waals surface area (Å²) in [6.07, 6.45) is 11.8. The van der Waals surface area contributed by atoms with Crippen molar-refractivity contribution in [3.05, 3.63) is 60.6 Å². The predicted molar refractivity (Wildman–Crippen MR) is 155 cm³/mol. The number of nitrogens with zero attached hydrogens (tertiary/aromatic N) is 5. The Kier molecular flexibility index (Phi) is 7.08. The molecule has 3 heterocycles. The van der Waals surface area contributed by atoms with Gasteiger partial charge in [0.05, 0.1) is 5.69 Å². The molecule has 0 radical (unpaired) electrons. The molecule has 1 amide bonds. The van der Waals surface area contributed by atoms with Crippen molar-refractivity contribution in [3.63, 3.8) is 0 Å². The number of hydrogen-bond acceptors (Lipinski definition) is 7. The van der Waals surface area contributed by atoms with Crippen LogP contribution in [0.3, 0.4) is 0 Å². The molecule has 2 N–H and O–H groups in total. The Bertz CT molecular complexity index is 1290. The molecule has 0 atom stereocenters. The van der Waals surface area contributed by atoms with E-state index in [-0.39, 0.29) is 11.3 Å². The van der Waals surface area contributed by atoms with E-state index in [1.165, 1.54) is 19.6 Å². The first-order valence-corrected chi connectivity index (χ1v) is 14.3. The third-order valence-corrected chi connectivity index (χ3v) is 9.39. The third-order valence-electron chi connectivity index (χ3n) is 9.39. The van der Waals surface area contributed by atoms with Gasteiger partial charge in [0, 0.05) is 73.7 Å². The van der Waals surface area contributed by atoms with Gasteiger partial charge in [0.25, 0.3) is 0 Å². The smallest absolute Gasteiger partial charge is 0.230 e. The number of carbonyl (C=O) groups is 1. The van der Waals surface area contributed by atoms with Crippen LogP contribution < -0.4 is 10.6 Å². The van der Waals surface area contributed by atoms with E-state index in [2.05, 4.69) is 42.4 Å². The second-order valence-corrected chi connectivity index (χ2v) is 12.0. The van der Waals surface area contributed by atoms with Crippen LogP contribution in [0.2, 0.25) is 0 Å². The van der Waals surface area contributed by atoms with Crippen molar-refractivity contribution >= 4 is 23.2 Å². The van der Waals surface area contributed by atoms with E-state index in [9.17, 15) is 4.79 Å². The normalized spacial score (nSPS) is 25.4. The zero-order valence-corrected chi connectivity index (χ0v) is 23.1. The fourth-order valence-electron chi connectivity index (χ4n) is 6.63. The number of rotatable bonds is 7. The standard InChI is InChI=1S/C31H39N7O/c1-23-5-6-25(20-27(23)36-29-33-15-7-26(35-29)24-4-3-14-32-21-24)34-28(39)31-11-8-30(9-12-31,10-13-31)22-38-18-16-37(2)17-19-38/h3-7,14-15,20-21H,8-13,16-19,22H2,1-2H3,(H,34,39)(H,33,35,36). The number of likely N-dealkylation sites (N-methyl/N-ethyl adjacent to an activating group) is 1. The number of pyridine rings is 1. The summed E-state index contributed by atoms with van der Waals surface area (Å²) < 4.78 is 0. The van der Waals surface area contributed by atoms with Crippen LogP contribution in [0.1, 0.15) is 44.1 Å². The van der Waals surface area contributed by atoms with E-state index in [4.69, 9.17) is 0 Å². The molecule has 1 aliphatic heterocycles. The molecular formula is C31H39N7O. The fourth-order valence-corrected chi connectivity index (χ4v) is 6.63. The highest BCUT2D eigenvalue weighted by atomic mass is 16.2. The number of fused-ring (bicyclic) bond motifs is 3. The summed E-state index contributed by atoms with van der Waals surface area (Å²) in [6, 6.07) is 11.8. The van der Waals surface area contributed by atoms with Gasteiger partial charge in [-0.1, -0.05) is 6.07 Å². The van der Waals surface area contributed by atoms with E-state index in [0.717, 1.165) is 79.8 Å². The lowest BCUT2D eigenvalue weighted by Crippen LogP contribution is -2.54. The van der Waals surface area contributed by atoms with Gasteiger partial charge in [-0.25, -0.2) is 9.97 Å². The van der Waals surface area contributed by atoms with Crippen molar-refractivity contribution in [2.24, 2.45) is 10.8 Å². The number of hydrogen-bond donors (Lipinski definition) is 2. The zero-order valence-electron chi connectivity index (χ0n) is 23.1. The lowest BCUT2D eigenvalue weighted by Gasteiger charge is -2.54. The molecule has 7 rings (SSSR count). The summed E-state index contributed by atoms with van der Waals surface area (Å²) in [6.45, 7) is 7.92. The van der Waals surface area contributed by atoms with Crippen molar-refractivity contribution in [2.75, 3.05) is 50.4 Å². The van der Waals surface area contributed by atoms with Crippen LogP contribution in [0.15, 0.2) is 55.0 Å². The average molecular weight is 526 g/mol. The topological polar surface area (TPSA) is 86.3 Å². The third kappa shape index (κ3) is 5.54. The molecule has 204 valence electrons. The van der Waals surface area contributed by atoms with Gasteiger partial charge in [0.2, 0.25) is 11.9 Å². The van der Waals surface area contributed by atoms with Gasteiger partial charge < -0.3 is 20.4 Å². The molecule has 8 heteroatoms. The number of anilines is 3. The van der Waals surface area contributed by atoms with Gasteiger partial charge in [-0.3, -0.25) is 9.78 Å². The molecule has 1 saturated heterocycles. The molecule has 2 bridgehead atoms. The SMILES string of the molecule is Cc1ccc(NC(=O)C23CCC(CN4CCN(C)CC4)(CC2)CC3)cc1Nc1nccc(-c2cccnc2)n1. The Labute approximate surface area is 231 Å². The number of carbonyl (C=O) groups excluding carboxylic acids is 1. The number of amides is 1. The quantitative estimate of drug-likeness (QED) is 0.443. The molecule has 3 saturated carbocycles. The van der Waals surface area contributed by atoms with Gasteiger partial charge in [0.15, 0.2) is 0 Å². The van der Waals surface area contributed by atoms with Crippen LogP contribution in [0, 0.1) is 17.8 Å². The van der Waals surface area contributed by atoms with Gasteiger partial charge >= 0.3 is 0 Å². The second-order valence-electron chi connectivity index (χ2n) is 12.0. The molecule has 3 aliphatic carbocycles. The van der Waals surface area contributed by atoms with Crippen molar-refractivity contribution < 1.29 is 4.79 Å². The van der Waals surface area contributed by atoms with Crippen LogP contribution in [-0.4, -0.2) is 70.4 Å². The van der Waals surface area contributed by atoms with Gasteiger partial charge in [-0.2, -0.15) is 0 Å². The molecule has 4 fully saturated rings. The Balaban J connectivity index is 1.10. The lowest BCUT2D eigenvalue weighted by atomic mass is 9.53. The van der Waals surface area contributed by atoms with E-state index < -0.39 is 0 Å². The van der Waals surface area contributed by atoms with Crippen LogP contribution >= 0.6 is 0 Å². The first-order chi connectivity index (χ1) is 18.9. The Morgan fingerprint density at radius 1 is 0.974 bits per heavy atom. The van der Waals surface area contributed by atoms with E-state index in [1.807, 2.05) is 43.3 Å².